The van der Waals surface area contributed by atoms with Crippen LogP contribution in [-0.4, -0.2) is 30.6 Å². The Morgan fingerprint density at radius 2 is 2.00 bits per heavy atom. The molecule has 1 aliphatic carbocycles. The first-order valence-corrected chi connectivity index (χ1v) is 10.1. The summed E-state index contributed by atoms with van der Waals surface area (Å²) >= 11 is 0. The zero-order valence-electron chi connectivity index (χ0n) is 17.1. The number of nitrogens with one attached hydrogen (secondary N) is 1. The molecule has 0 fully saturated rings. The van der Waals surface area contributed by atoms with Crippen molar-refractivity contribution >= 4 is 28.5 Å². The van der Waals surface area contributed by atoms with Crippen molar-refractivity contribution in [1.82, 2.24) is 4.98 Å². The van der Waals surface area contributed by atoms with E-state index in [0.29, 0.717) is 22.9 Å². The minimum atomic E-state index is -0.486. The summed E-state index contributed by atoms with van der Waals surface area (Å²) in [7, 11) is 1.56. The van der Waals surface area contributed by atoms with Crippen molar-refractivity contribution in [3.05, 3.63) is 65.4 Å². The fourth-order valence-electron chi connectivity index (χ4n) is 3.90. The number of esters is 1. The number of amides is 1. The van der Waals surface area contributed by atoms with Gasteiger partial charge in [0.15, 0.2) is 6.61 Å². The quantitative estimate of drug-likeness (QED) is 0.646. The molecule has 1 atom stereocenters. The molecule has 2 aromatic carbocycles. The second-order valence-corrected chi connectivity index (χ2v) is 7.63. The number of pyridine rings is 1. The van der Waals surface area contributed by atoms with Crippen molar-refractivity contribution in [1.29, 1.82) is 0 Å². The number of methoxy groups -OCH3 is 1. The van der Waals surface area contributed by atoms with E-state index in [0.717, 1.165) is 41.4 Å². The number of anilines is 1. The Bertz CT molecular complexity index is 1110. The van der Waals surface area contributed by atoms with Gasteiger partial charge in [-0.15, -0.1) is 0 Å². The summed E-state index contributed by atoms with van der Waals surface area (Å²) in [6.45, 7) is 1.81. The third-order valence-electron chi connectivity index (χ3n) is 5.40. The Kier molecular flexibility index (Phi) is 5.65. The maximum absolute atomic E-state index is 13.0. The lowest BCUT2D eigenvalue weighted by Gasteiger charge is -2.24. The Balaban J connectivity index is 1.54. The minimum Gasteiger partial charge on any atom is -0.497 e. The summed E-state index contributed by atoms with van der Waals surface area (Å²) in [5, 5.41) is 3.49. The molecule has 4 rings (SSSR count). The van der Waals surface area contributed by atoms with E-state index in [2.05, 4.69) is 12.2 Å². The van der Waals surface area contributed by atoms with Crippen molar-refractivity contribution in [2.45, 2.75) is 26.2 Å². The first-order chi connectivity index (χ1) is 14.5. The van der Waals surface area contributed by atoms with E-state index in [4.69, 9.17) is 14.5 Å². The third kappa shape index (κ3) is 4.13. The van der Waals surface area contributed by atoms with Gasteiger partial charge in [-0.05, 0) is 48.9 Å². The fourth-order valence-corrected chi connectivity index (χ4v) is 3.90. The number of aromatic nitrogens is 1. The van der Waals surface area contributed by atoms with Gasteiger partial charge in [0.1, 0.15) is 5.75 Å². The highest BCUT2D eigenvalue weighted by atomic mass is 16.5. The van der Waals surface area contributed by atoms with Gasteiger partial charge in [0.25, 0.3) is 5.91 Å². The normalized spacial score (nSPS) is 15.3. The molecule has 154 valence electrons. The molecular formula is C24H24N2O4. The lowest BCUT2D eigenvalue weighted by Crippen LogP contribution is -2.23. The molecule has 0 radical (unpaired) electrons. The second kappa shape index (κ2) is 8.53. The molecular weight excluding hydrogens is 380 g/mol. The van der Waals surface area contributed by atoms with Crippen molar-refractivity contribution in [2.75, 3.05) is 19.0 Å². The van der Waals surface area contributed by atoms with Gasteiger partial charge in [0.05, 0.1) is 18.2 Å². The number of hydrogen-bond acceptors (Lipinski definition) is 5. The van der Waals surface area contributed by atoms with Gasteiger partial charge < -0.3 is 14.8 Å². The lowest BCUT2D eigenvalue weighted by atomic mass is 9.84. The van der Waals surface area contributed by atoms with Gasteiger partial charge in [0, 0.05) is 22.8 Å². The summed E-state index contributed by atoms with van der Waals surface area (Å²) in [4.78, 5) is 30.1. The number of nitrogens with zero attached hydrogens (tertiary/aromatic N) is 1. The maximum Gasteiger partial charge on any atom is 0.339 e. The van der Waals surface area contributed by atoms with Crippen LogP contribution in [-0.2, 0) is 22.4 Å². The number of carbonyl (C=O) groups excluding carboxylic acids is 2. The zero-order valence-corrected chi connectivity index (χ0v) is 17.1. The van der Waals surface area contributed by atoms with Gasteiger partial charge in [0.2, 0.25) is 0 Å². The monoisotopic (exact) mass is 404 g/mol. The van der Waals surface area contributed by atoms with Crippen molar-refractivity contribution in [2.24, 2.45) is 5.92 Å². The first-order valence-electron chi connectivity index (χ1n) is 10.1. The van der Waals surface area contributed by atoms with Crippen molar-refractivity contribution < 1.29 is 19.1 Å². The molecule has 6 heteroatoms. The number of carbonyl (C=O) groups is 2. The number of para-hydroxylation sites is 1. The highest BCUT2D eigenvalue weighted by molar-refractivity contribution is 6.06. The number of rotatable bonds is 5. The largest absolute Gasteiger partial charge is 0.497 e. The Hall–Kier alpha value is -3.41. The number of hydrogen-bond donors (Lipinski definition) is 1. The zero-order chi connectivity index (χ0) is 21.1. The van der Waals surface area contributed by atoms with E-state index >= 15 is 0 Å². The molecule has 6 nitrogen and oxygen atoms in total. The first kappa shape index (κ1) is 19.9. The standard InChI is InChI=1S/C24H24N2O4/c1-15-10-11-21-19(12-15)23(18-8-3-4-9-20(18)26-21)24(28)30-14-22(27)25-16-6-5-7-17(13-16)29-2/h3-9,13,15H,10-12,14H2,1-2H3,(H,25,27)/t15-/m1/s1. The molecule has 0 spiro atoms. The topological polar surface area (TPSA) is 77.5 Å². The van der Waals surface area contributed by atoms with E-state index in [1.54, 1.807) is 31.4 Å². The molecule has 0 saturated heterocycles. The highest BCUT2D eigenvalue weighted by Gasteiger charge is 2.26. The van der Waals surface area contributed by atoms with Crippen LogP contribution in [0.15, 0.2) is 48.5 Å². The maximum atomic E-state index is 13.0. The van der Waals surface area contributed by atoms with Crippen LogP contribution < -0.4 is 10.1 Å². The van der Waals surface area contributed by atoms with Crippen LogP contribution in [0.4, 0.5) is 5.69 Å². The van der Waals surface area contributed by atoms with Crippen LogP contribution in [0.1, 0.15) is 35.0 Å². The molecule has 1 aromatic heterocycles. The summed E-state index contributed by atoms with van der Waals surface area (Å²) in [6, 6.07) is 14.6. The minimum absolute atomic E-state index is 0.364. The Morgan fingerprint density at radius 1 is 1.17 bits per heavy atom. The summed E-state index contributed by atoms with van der Waals surface area (Å²) in [5.41, 5.74) is 3.80. The number of fused-ring (bicyclic) bond motifs is 2. The SMILES string of the molecule is COc1cccc(NC(=O)COC(=O)c2c3c(nc4ccccc24)CC[C@@H](C)C3)c1. The molecule has 3 aromatic rings. The second-order valence-electron chi connectivity index (χ2n) is 7.63. The molecule has 0 bridgehead atoms. The molecule has 1 aliphatic rings. The van der Waals surface area contributed by atoms with Crippen LogP contribution in [0.2, 0.25) is 0 Å². The molecule has 0 aliphatic heterocycles. The molecule has 1 amide bonds. The van der Waals surface area contributed by atoms with Crippen molar-refractivity contribution in [3.8, 4) is 5.75 Å². The van der Waals surface area contributed by atoms with E-state index in [1.165, 1.54) is 0 Å². The van der Waals surface area contributed by atoms with Gasteiger partial charge in [-0.2, -0.15) is 0 Å². The predicted molar refractivity (Wildman–Crippen MR) is 115 cm³/mol. The number of benzene rings is 2. The van der Waals surface area contributed by atoms with Gasteiger partial charge in [-0.25, -0.2) is 4.79 Å². The van der Waals surface area contributed by atoms with Crippen molar-refractivity contribution in [3.63, 3.8) is 0 Å². The summed E-state index contributed by atoms with van der Waals surface area (Å²) < 4.78 is 10.6. The smallest absolute Gasteiger partial charge is 0.339 e. The number of aryl methyl sites for hydroxylation is 1. The molecule has 0 saturated carbocycles. The van der Waals surface area contributed by atoms with E-state index < -0.39 is 11.9 Å². The molecule has 30 heavy (non-hydrogen) atoms. The Labute approximate surface area is 175 Å². The van der Waals surface area contributed by atoms with Crippen LogP contribution in [0.25, 0.3) is 10.9 Å². The number of ether oxygens (including phenoxy) is 2. The fraction of sp³-hybridized carbons (Fsp3) is 0.292. The van der Waals surface area contributed by atoms with E-state index in [9.17, 15) is 9.59 Å². The predicted octanol–water partition coefficient (Wildman–Crippen LogP) is 4.16. The molecule has 1 heterocycles. The highest BCUT2D eigenvalue weighted by Crippen LogP contribution is 2.32. The van der Waals surface area contributed by atoms with E-state index in [-0.39, 0.29) is 6.61 Å². The summed E-state index contributed by atoms with van der Waals surface area (Å²) in [5.74, 6) is 0.217. The lowest BCUT2D eigenvalue weighted by molar-refractivity contribution is -0.119. The average Bonchev–Trinajstić information content (AvgIpc) is 2.76. The van der Waals surface area contributed by atoms with Crippen LogP contribution in [0, 0.1) is 5.92 Å². The van der Waals surface area contributed by atoms with Crippen LogP contribution in [0.3, 0.4) is 0 Å². The molecule has 1 N–H and O–H groups in total. The van der Waals surface area contributed by atoms with Crippen LogP contribution >= 0.6 is 0 Å². The third-order valence-corrected chi connectivity index (χ3v) is 5.40. The average molecular weight is 404 g/mol. The van der Waals surface area contributed by atoms with Gasteiger partial charge >= 0.3 is 5.97 Å². The molecule has 0 unspecified atom stereocenters. The van der Waals surface area contributed by atoms with Crippen LogP contribution in [0.5, 0.6) is 5.75 Å². The van der Waals surface area contributed by atoms with E-state index in [1.807, 2.05) is 24.3 Å². The van der Waals surface area contributed by atoms with Gasteiger partial charge in [-0.3, -0.25) is 9.78 Å². The Morgan fingerprint density at radius 3 is 2.83 bits per heavy atom. The van der Waals surface area contributed by atoms with Gasteiger partial charge in [-0.1, -0.05) is 31.2 Å². The summed E-state index contributed by atoms with van der Waals surface area (Å²) in [6.07, 6.45) is 2.68.